The second-order valence-electron chi connectivity index (χ2n) is 2.65. The molecule has 0 radical (unpaired) electrons. The van der Waals surface area contributed by atoms with Crippen molar-refractivity contribution < 1.29 is 18.8 Å². The lowest BCUT2D eigenvalue weighted by molar-refractivity contribution is -0.385. The van der Waals surface area contributed by atoms with Crippen LogP contribution in [0.3, 0.4) is 0 Å². The van der Waals surface area contributed by atoms with E-state index < -0.39 is 35.0 Å². The summed E-state index contributed by atoms with van der Waals surface area (Å²) in [7, 11) is 0. The van der Waals surface area contributed by atoms with Crippen molar-refractivity contribution in [1.29, 1.82) is 0 Å². The van der Waals surface area contributed by atoms with E-state index in [1.54, 1.807) is 0 Å². The summed E-state index contributed by atoms with van der Waals surface area (Å²) in [6, 6.07) is 0. The van der Waals surface area contributed by atoms with Gasteiger partial charge in [-0.05, 0) is 0 Å². The minimum Gasteiger partial charge on any atom is -0.391 e. The quantitative estimate of drug-likeness (QED) is 0.583. The number of nitro groups is 1. The normalized spacial score (nSPS) is 10.7. The van der Waals surface area contributed by atoms with Gasteiger partial charge in [0.05, 0.1) is 17.1 Å². The number of hydrogen-bond donors (Lipinski definition) is 2. The minimum atomic E-state index is -2.99. The van der Waals surface area contributed by atoms with Gasteiger partial charge in [-0.1, -0.05) is 0 Å². The fourth-order valence-corrected chi connectivity index (χ4v) is 1.08. The van der Waals surface area contributed by atoms with Crippen LogP contribution in [0.25, 0.3) is 0 Å². The van der Waals surface area contributed by atoms with Crippen molar-refractivity contribution in [2.45, 2.75) is 13.0 Å². The van der Waals surface area contributed by atoms with Crippen molar-refractivity contribution in [1.82, 2.24) is 4.98 Å². The molecule has 0 fully saturated rings. The van der Waals surface area contributed by atoms with E-state index in [0.717, 1.165) is 6.20 Å². The van der Waals surface area contributed by atoms with Crippen LogP contribution in [0.4, 0.5) is 20.2 Å². The third-order valence-corrected chi connectivity index (χ3v) is 1.75. The van der Waals surface area contributed by atoms with E-state index in [4.69, 9.17) is 10.8 Å². The van der Waals surface area contributed by atoms with E-state index in [0.29, 0.717) is 0 Å². The maximum atomic E-state index is 12.3. The van der Waals surface area contributed by atoms with Crippen molar-refractivity contribution >= 4 is 11.4 Å². The van der Waals surface area contributed by atoms with Crippen molar-refractivity contribution in [3.63, 3.8) is 0 Å². The van der Waals surface area contributed by atoms with E-state index in [2.05, 4.69) is 4.98 Å². The molecule has 15 heavy (non-hydrogen) atoms. The molecule has 8 heteroatoms. The van der Waals surface area contributed by atoms with Gasteiger partial charge in [0, 0.05) is 6.20 Å². The number of aliphatic hydroxyl groups is 1. The highest BCUT2D eigenvalue weighted by Gasteiger charge is 2.25. The molecule has 1 aromatic heterocycles. The standard InChI is InChI=1S/C7H7F2N3O3/c8-7(9)5-4(10)6(12(14)15)3(2-13)1-11-5/h1,7,13H,2,10H2. The summed E-state index contributed by atoms with van der Waals surface area (Å²) >= 11 is 0. The summed E-state index contributed by atoms with van der Waals surface area (Å²) in [6.07, 6.45) is -2.17. The SMILES string of the molecule is Nc1c(C(F)F)ncc(CO)c1[N+](=O)[O-]. The van der Waals surface area contributed by atoms with E-state index in [1.165, 1.54) is 0 Å². The highest BCUT2D eigenvalue weighted by Crippen LogP contribution is 2.32. The van der Waals surface area contributed by atoms with Gasteiger partial charge >= 0.3 is 5.69 Å². The highest BCUT2D eigenvalue weighted by molar-refractivity contribution is 5.64. The molecule has 0 atom stereocenters. The van der Waals surface area contributed by atoms with E-state index in [9.17, 15) is 18.9 Å². The summed E-state index contributed by atoms with van der Waals surface area (Å²) in [5.41, 5.74) is 2.70. The van der Waals surface area contributed by atoms with Crippen LogP contribution >= 0.6 is 0 Å². The molecule has 1 heterocycles. The fourth-order valence-electron chi connectivity index (χ4n) is 1.08. The minimum absolute atomic E-state index is 0.193. The number of anilines is 1. The van der Waals surface area contributed by atoms with Crippen LogP contribution < -0.4 is 5.73 Å². The largest absolute Gasteiger partial charge is 0.391 e. The fraction of sp³-hybridized carbons (Fsp3) is 0.286. The Morgan fingerprint density at radius 2 is 2.27 bits per heavy atom. The number of nitrogen functional groups attached to an aromatic ring is 1. The molecule has 0 aliphatic carbocycles. The van der Waals surface area contributed by atoms with Crippen molar-refractivity contribution in [3.05, 3.63) is 27.6 Å². The Labute approximate surface area is 82.5 Å². The molecule has 0 bridgehead atoms. The number of pyridine rings is 1. The summed E-state index contributed by atoms with van der Waals surface area (Å²) in [4.78, 5) is 12.8. The lowest BCUT2D eigenvalue weighted by Gasteiger charge is -2.06. The summed E-state index contributed by atoms with van der Waals surface area (Å²) in [5, 5.41) is 19.3. The molecule has 6 nitrogen and oxygen atoms in total. The zero-order valence-electron chi connectivity index (χ0n) is 7.35. The molecular weight excluding hydrogens is 212 g/mol. The first-order valence-corrected chi connectivity index (χ1v) is 3.79. The van der Waals surface area contributed by atoms with Crippen LogP contribution in [0, 0.1) is 10.1 Å². The zero-order valence-corrected chi connectivity index (χ0v) is 7.35. The first-order valence-electron chi connectivity index (χ1n) is 3.79. The molecule has 0 aliphatic rings. The van der Waals surface area contributed by atoms with Gasteiger partial charge in [0.15, 0.2) is 0 Å². The number of halogens is 2. The molecular formula is C7H7F2N3O3. The van der Waals surface area contributed by atoms with Gasteiger partial charge in [-0.2, -0.15) is 0 Å². The zero-order chi connectivity index (χ0) is 11.6. The van der Waals surface area contributed by atoms with Crippen LogP contribution in [-0.4, -0.2) is 15.0 Å². The molecule has 3 N–H and O–H groups in total. The number of alkyl halides is 2. The average molecular weight is 219 g/mol. The molecule has 0 spiro atoms. The predicted octanol–water partition coefficient (Wildman–Crippen LogP) is 1.00. The number of aromatic nitrogens is 1. The molecule has 82 valence electrons. The van der Waals surface area contributed by atoms with E-state index >= 15 is 0 Å². The smallest absolute Gasteiger partial charge is 0.301 e. The Balaban J connectivity index is 3.42. The second kappa shape index (κ2) is 4.13. The third-order valence-electron chi connectivity index (χ3n) is 1.75. The maximum Gasteiger partial charge on any atom is 0.301 e. The van der Waals surface area contributed by atoms with Crippen LogP contribution in [-0.2, 0) is 6.61 Å². The number of aliphatic hydroxyl groups excluding tert-OH is 1. The first kappa shape index (κ1) is 11.2. The Kier molecular flexibility index (Phi) is 3.10. The monoisotopic (exact) mass is 219 g/mol. The summed E-state index contributed by atoms with van der Waals surface area (Å²) < 4.78 is 24.6. The molecule has 1 aromatic rings. The van der Waals surface area contributed by atoms with E-state index in [-0.39, 0.29) is 5.56 Å². The molecule has 0 saturated carbocycles. The third kappa shape index (κ3) is 1.99. The van der Waals surface area contributed by atoms with Crippen LogP contribution in [0.15, 0.2) is 6.20 Å². The lowest BCUT2D eigenvalue weighted by atomic mass is 10.2. The Morgan fingerprint density at radius 1 is 1.67 bits per heavy atom. The molecule has 0 saturated heterocycles. The van der Waals surface area contributed by atoms with Crippen LogP contribution in [0.2, 0.25) is 0 Å². The Morgan fingerprint density at radius 3 is 2.67 bits per heavy atom. The predicted molar refractivity (Wildman–Crippen MR) is 46.2 cm³/mol. The number of hydrogen-bond acceptors (Lipinski definition) is 5. The second-order valence-corrected chi connectivity index (χ2v) is 2.65. The number of nitrogens with zero attached hydrogens (tertiary/aromatic N) is 2. The van der Waals surface area contributed by atoms with Gasteiger partial charge in [0.1, 0.15) is 11.4 Å². The van der Waals surface area contributed by atoms with Crippen LogP contribution in [0.1, 0.15) is 17.7 Å². The number of rotatable bonds is 3. The Hall–Kier alpha value is -1.83. The highest BCUT2D eigenvalue weighted by atomic mass is 19.3. The van der Waals surface area contributed by atoms with Gasteiger partial charge in [-0.25, -0.2) is 8.78 Å². The lowest BCUT2D eigenvalue weighted by Crippen LogP contribution is -2.06. The van der Waals surface area contributed by atoms with Crippen LogP contribution in [0.5, 0.6) is 0 Å². The number of nitrogens with two attached hydrogens (primary N) is 1. The van der Waals surface area contributed by atoms with Gasteiger partial charge in [-0.3, -0.25) is 15.1 Å². The molecule has 0 aromatic carbocycles. The van der Waals surface area contributed by atoms with Crippen molar-refractivity contribution in [3.8, 4) is 0 Å². The van der Waals surface area contributed by atoms with E-state index in [1.807, 2.05) is 0 Å². The maximum absolute atomic E-state index is 12.3. The average Bonchev–Trinajstić information content (AvgIpc) is 2.15. The first-order chi connectivity index (χ1) is 6.99. The molecule has 1 rings (SSSR count). The molecule has 0 aliphatic heterocycles. The molecule has 0 unspecified atom stereocenters. The topological polar surface area (TPSA) is 102 Å². The van der Waals surface area contributed by atoms with Gasteiger partial charge in [0.25, 0.3) is 6.43 Å². The van der Waals surface area contributed by atoms with Gasteiger partial charge in [-0.15, -0.1) is 0 Å². The van der Waals surface area contributed by atoms with Gasteiger partial charge < -0.3 is 10.8 Å². The van der Waals surface area contributed by atoms with Gasteiger partial charge in [0.2, 0.25) is 0 Å². The summed E-state index contributed by atoms with van der Waals surface area (Å²) in [6.45, 7) is -0.684. The van der Waals surface area contributed by atoms with Crippen molar-refractivity contribution in [2.75, 3.05) is 5.73 Å². The van der Waals surface area contributed by atoms with Crippen molar-refractivity contribution in [2.24, 2.45) is 0 Å². The summed E-state index contributed by atoms with van der Waals surface area (Å²) in [5.74, 6) is 0. The molecule has 0 amide bonds. The Bertz CT molecular complexity index is 397.